The van der Waals surface area contributed by atoms with Crippen LogP contribution in [0.5, 0.6) is 0 Å². The molecular weight excluding hydrogens is 214 g/mol. The van der Waals surface area contributed by atoms with Crippen LogP contribution < -0.4 is 0 Å². The van der Waals surface area contributed by atoms with Gasteiger partial charge in [-0.2, -0.15) is 0 Å². The van der Waals surface area contributed by atoms with Gasteiger partial charge in [-0.25, -0.2) is 0 Å². The number of aliphatic hydroxyl groups excluding tert-OH is 1. The first-order chi connectivity index (χ1) is 8.25. The van der Waals surface area contributed by atoms with Crippen molar-refractivity contribution in [1.29, 1.82) is 0 Å². The van der Waals surface area contributed by atoms with Gasteiger partial charge in [-0.1, -0.05) is 19.8 Å². The fourth-order valence-electron chi connectivity index (χ4n) is 3.09. The van der Waals surface area contributed by atoms with Gasteiger partial charge in [-0.05, 0) is 44.7 Å². The van der Waals surface area contributed by atoms with E-state index in [4.69, 9.17) is 4.74 Å². The van der Waals surface area contributed by atoms with Crippen LogP contribution in [0.4, 0.5) is 0 Å². The number of hydrogen-bond acceptors (Lipinski definition) is 3. The van der Waals surface area contributed by atoms with Gasteiger partial charge in [0.2, 0.25) is 0 Å². The SMILES string of the molecule is C[C@@H]1CCC[C@@H]1OC[C@H](O)CN1CCCCC1. The monoisotopic (exact) mass is 241 g/mol. The molecule has 100 valence electrons. The first kappa shape index (κ1) is 13.3. The van der Waals surface area contributed by atoms with E-state index in [2.05, 4.69) is 11.8 Å². The van der Waals surface area contributed by atoms with E-state index in [1.165, 1.54) is 38.5 Å². The van der Waals surface area contributed by atoms with Gasteiger partial charge in [0.1, 0.15) is 0 Å². The van der Waals surface area contributed by atoms with Gasteiger partial charge >= 0.3 is 0 Å². The van der Waals surface area contributed by atoms with Crippen LogP contribution in [0, 0.1) is 5.92 Å². The van der Waals surface area contributed by atoms with Crippen molar-refractivity contribution in [2.24, 2.45) is 5.92 Å². The lowest BCUT2D eigenvalue weighted by molar-refractivity contribution is -0.0331. The number of β-amino-alcohol motifs (C(OH)–C–C–N with tert-alkyl or cyclic N) is 1. The molecule has 0 bridgehead atoms. The third-order valence-electron chi connectivity index (χ3n) is 4.20. The Hall–Kier alpha value is -0.120. The normalized spacial score (nSPS) is 32.8. The molecule has 0 amide bonds. The zero-order valence-corrected chi connectivity index (χ0v) is 11.1. The first-order valence-corrected chi connectivity index (χ1v) is 7.27. The molecule has 2 rings (SSSR count). The Morgan fingerprint density at radius 2 is 1.94 bits per heavy atom. The number of aliphatic hydroxyl groups is 1. The van der Waals surface area contributed by atoms with Crippen LogP contribution in [-0.2, 0) is 4.74 Å². The molecule has 2 aliphatic rings. The Morgan fingerprint density at radius 1 is 1.18 bits per heavy atom. The van der Waals surface area contributed by atoms with Gasteiger partial charge in [0, 0.05) is 6.54 Å². The Bertz CT molecular complexity index is 216. The van der Waals surface area contributed by atoms with Crippen LogP contribution in [0.2, 0.25) is 0 Å². The van der Waals surface area contributed by atoms with E-state index in [9.17, 15) is 5.11 Å². The molecule has 2 fully saturated rings. The lowest BCUT2D eigenvalue weighted by Gasteiger charge is -2.29. The quantitative estimate of drug-likeness (QED) is 0.799. The Morgan fingerprint density at radius 3 is 2.59 bits per heavy atom. The maximum absolute atomic E-state index is 9.98. The summed E-state index contributed by atoms with van der Waals surface area (Å²) in [7, 11) is 0. The highest BCUT2D eigenvalue weighted by molar-refractivity contribution is 4.75. The molecule has 3 heteroatoms. The van der Waals surface area contributed by atoms with E-state index in [-0.39, 0.29) is 6.10 Å². The standard InChI is InChI=1S/C14H27NO2/c1-12-6-5-7-14(12)17-11-13(16)10-15-8-3-2-4-9-15/h12-14,16H,2-11H2,1H3/t12-,13-,14+/m1/s1. The van der Waals surface area contributed by atoms with Gasteiger partial charge < -0.3 is 14.7 Å². The zero-order chi connectivity index (χ0) is 12.1. The third kappa shape index (κ3) is 4.23. The molecule has 0 unspecified atom stereocenters. The summed E-state index contributed by atoms with van der Waals surface area (Å²) in [6.07, 6.45) is 7.76. The average Bonchev–Trinajstić information content (AvgIpc) is 2.74. The summed E-state index contributed by atoms with van der Waals surface area (Å²) in [5, 5.41) is 9.98. The molecule has 0 aromatic heterocycles. The summed E-state index contributed by atoms with van der Waals surface area (Å²) in [4.78, 5) is 2.37. The predicted molar refractivity (Wildman–Crippen MR) is 69.1 cm³/mol. The van der Waals surface area contributed by atoms with Gasteiger partial charge in [0.05, 0.1) is 18.8 Å². The topological polar surface area (TPSA) is 32.7 Å². The highest BCUT2D eigenvalue weighted by Crippen LogP contribution is 2.27. The van der Waals surface area contributed by atoms with Gasteiger partial charge in [0.15, 0.2) is 0 Å². The molecule has 1 N–H and O–H groups in total. The predicted octanol–water partition coefficient (Wildman–Crippen LogP) is 2.04. The Kier molecular flexibility index (Phi) is 5.26. The molecular formula is C14H27NO2. The number of piperidine rings is 1. The van der Waals surface area contributed by atoms with E-state index in [1.807, 2.05) is 0 Å². The van der Waals surface area contributed by atoms with Crippen molar-refractivity contribution in [3.05, 3.63) is 0 Å². The molecule has 1 saturated carbocycles. The minimum Gasteiger partial charge on any atom is -0.389 e. The largest absolute Gasteiger partial charge is 0.389 e. The minimum atomic E-state index is -0.305. The summed E-state index contributed by atoms with van der Waals surface area (Å²) in [6.45, 7) is 5.87. The molecule has 3 nitrogen and oxygen atoms in total. The zero-order valence-electron chi connectivity index (χ0n) is 11.1. The Balaban J connectivity index is 1.61. The molecule has 17 heavy (non-hydrogen) atoms. The fraction of sp³-hybridized carbons (Fsp3) is 1.00. The highest BCUT2D eigenvalue weighted by Gasteiger charge is 2.25. The van der Waals surface area contributed by atoms with E-state index >= 15 is 0 Å². The van der Waals surface area contributed by atoms with Crippen LogP contribution in [0.25, 0.3) is 0 Å². The lowest BCUT2D eigenvalue weighted by Crippen LogP contribution is -2.38. The summed E-state index contributed by atoms with van der Waals surface area (Å²) in [5.41, 5.74) is 0. The van der Waals surface area contributed by atoms with Gasteiger partial charge in [-0.15, -0.1) is 0 Å². The van der Waals surface area contributed by atoms with Gasteiger partial charge in [0.25, 0.3) is 0 Å². The van der Waals surface area contributed by atoms with Crippen molar-refractivity contribution in [3.8, 4) is 0 Å². The highest BCUT2D eigenvalue weighted by atomic mass is 16.5. The van der Waals surface area contributed by atoms with E-state index in [0.29, 0.717) is 18.6 Å². The van der Waals surface area contributed by atoms with Crippen LogP contribution >= 0.6 is 0 Å². The fourth-order valence-corrected chi connectivity index (χ4v) is 3.09. The summed E-state index contributed by atoms with van der Waals surface area (Å²) >= 11 is 0. The van der Waals surface area contributed by atoms with E-state index in [1.54, 1.807) is 0 Å². The molecule has 0 aromatic rings. The molecule has 1 aliphatic heterocycles. The molecule has 0 aromatic carbocycles. The first-order valence-electron chi connectivity index (χ1n) is 7.27. The maximum Gasteiger partial charge on any atom is 0.0900 e. The molecule has 1 saturated heterocycles. The number of nitrogens with zero attached hydrogens (tertiary/aromatic N) is 1. The van der Waals surface area contributed by atoms with Crippen molar-refractivity contribution in [2.75, 3.05) is 26.2 Å². The number of ether oxygens (including phenoxy) is 1. The summed E-state index contributed by atoms with van der Waals surface area (Å²) < 4.78 is 5.84. The second-order valence-corrected chi connectivity index (χ2v) is 5.80. The smallest absolute Gasteiger partial charge is 0.0900 e. The average molecular weight is 241 g/mol. The second kappa shape index (κ2) is 6.72. The van der Waals surface area contributed by atoms with Crippen molar-refractivity contribution < 1.29 is 9.84 Å². The number of likely N-dealkylation sites (tertiary alicyclic amines) is 1. The number of rotatable bonds is 5. The molecule has 0 spiro atoms. The van der Waals surface area contributed by atoms with Crippen LogP contribution in [0.3, 0.4) is 0 Å². The summed E-state index contributed by atoms with van der Waals surface area (Å²) in [5.74, 6) is 0.678. The van der Waals surface area contributed by atoms with Crippen molar-refractivity contribution in [2.45, 2.75) is 57.7 Å². The second-order valence-electron chi connectivity index (χ2n) is 5.80. The Labute approximate surface area is 105 Å². The number of hydrogen-bond donors (Lipinski definition) is 1. The molecule has 0 radical (unpaired) electrons. The minimum absolute atomic E-state index is 0.305. The third-order valence-corrected chi connectivity index (χ3v) is 4.20. The maximum atomic E-state index is 9.98. The molecule has 3 atom stereocenters. The van der Waals surface area contributed by atoms with Crippen molar-refractivity contribution in [1.82, 2.24) is 4.90 Å². The van der Waals surface area contributed by atoms with Crippen LogP contribution in [-0.4, -0.2) is 48.5 Å². The summed E-state index contributed by atoms with van der Waals surface area (Å²) in [6, 6.07) is 0. The van der Waals surface area contributed by atoms with Crippen LogP contribution in [0.15, 0.2) is 0 Å². The molecule has 1 aliphatic carbocycles. The van der Waals surface area contributed by atoms with Crippen molar-refractivity contribution in [3.63, 3.8) is 0 Å². The van der Waals surface area contributed by atoms with E-state index in [0.717, 1.165) is 19.6 Å². The lowest BCUT2D eigenvalue weighted by atomic mass is 10.1. The van der Waals surface area contributed by atoms with Gasteiger partial charge in [-0.3, -0.25) is 0 Å². The van der Waals surface area contributed by atoms with Crippen LogP contribution in [0.1, 0.15) is 45.4 Å². The molecule has 1 heterocycles. The van der Waals surface area contributed by atoms with Crippen molar-refractivity contribution >= 4 is 0 Å². The van der Waals surface area contributed by atoms with E-state index < -0.39 is 0 Å².